The number of rotatable bonds is 5. The maximum absolute atomic E-state index is 12.6. The number of carbonyl (C=O) groups excluding carboxylic acids is 1. The number of carboxylic acids is 1. The Bertz CT molecular complexity index is 1640. The quantitative estimate of drug-likeness (QED) is 0.264. The van der Waals surface area contributed by atoms with E-state index in [9.17, 15) is 14.7 Å². The van der Waals surface area contributed by atoms with Gasteiger partial charge in [-0.2, -0.15) is 0 Å². The molecule has 0 aliphatic carbocycles. The van der Waals surface area contributed by atoms with Crippen molar-refractivity contribution in [1.82, 2.24) is 5.16 Å². The molecule has 8 nitrogen and oxygen atoms in total. The van der Waals surface area contributed by atoms with Gasteiger partial charge in [0.2, 0.25) is 5.76 Å². The van der Waals surface area contributed by atoms with Gasteiger partial charge in [-0.25, -0.2) is 4.79 Å². The molecule has 40 heavy (non-hydrogen) atoms. The average Bonchev–Trinajstić information content (AvgIpc) is 3.30. The van der Waals surface area contributed by atoms with Crippen LogP contribution in [-0.4, -0.2) is 35.5 Å². The lowest BCUT2D eigenvalue weighted by atomic mass is 9.74. The van der Waals surface area contributed by atoms with Gasteiger partial charge in [0.05, 0.1) is 5.41 Å². The summed E-state index contributed by atoms with van der Waals surface area (Å²) in [6.45, 7) is 4.28. The number of carbonyl (C=O) groups is 2. The van der Waals surface area contributed by atoms with Crippen molar-refractivity contribution in [3.63, 3.8) is 0 Å². The molecule has 1 fully saturated rings. The summed E-state index contributed by atoms with van der Waals surface area (Å²) in [6, 6.07) is 18.6. The van der Waals surface area contributed by atoms with Crippen LogP contribution in [0.1, 0.15) is 54.0 Å². The summed E-state index contributed by atoms with van der Waals surface area (Å²) < 4.78 is 16.2. The van der Waals surface area contributed by atoms with Gasteiger partial charge in [0.25, 0.3) is 0 Å². The highest BCUT2D eigenvalue weighted by atomic mass is 35.5. The van der Waals surface area contributed by atoms with E-state index in [-0.39, 0.29) is 5.76 Å². The Balaban J connectivity index is 1.33. The van der Waals surface area contributed by atoms with E-state index in [1.165, 1.54) is 0 Å². The number of aromatic nitrogens is 1. The Morgan fingerprint density at radius 1 is 1.07 bits per heavy atom. The Morgan fingerprint density at radius 3 is 2.55 bits per heavy atom. The first-order chi connectivity index (χ1) is 19.3. The molecule has 1 aliphatic rings. The third-order valence-electron chi connectivity index (χ3n) is 7.19. The van der Waals surface area contributed by atoms with Crippen LogP contribution in [-0.2, 0) is 19.7 Å². The molecule has 1 amide bonds. The molecule has 0 radical (unpaired) electrons. The van der Waals surface area contributed by atoms with Crippen LogP contribution in [0.5, 0.6) is 0 Å². The van der Waals surface area contributed by atoms with Gasteiger partial charge < -0.3 is 19.1 Å². The number of amides is 1. The zero-order chi connectivity index (χ0) is 28.3. The van der Waals surface area contributed by atoms with Crippen molar-refractivity contribution < 1.29 is 28.7 Å². The Kier molecular flexibility index (Phi) is 7.78. The third-order valence-corrected chi connectivity index (χ3v) is 7.53. The van der Waals surface area contributed by atoms with E-state index in [1.54, 1.807) is 32.0 Å². The lowest BCUT2D eigenvalue weighted by Gasteiger charge is -2.33. The monoisotopic (exact) mass is 558 g/mol. The van der Waals surface area contributed by atoms with Crippen LogP contribution in [0, 0.1) is 18.8 Å². The predicted molar refractivity (Wildman–Crippen MR) is 151 cm³/mol. The number of benzene rings is 3. The summed E-state index contributed by atoms with van der Waals surface area (Å²) >= 11 is 6.21. The highest BCUT2D eigenvalue weighted by Crippen LogP contribution is 2.37. The maximum atomic E-state index is 12.6. The number of halogens is 1. The maximum Gasteiger partial charge on any atom is 0.412 e. The number of fused-ring (bicyclic) bond motifs is 1. The molecular formula is C31H27ClN2O6. The first-order valence-corrected chi connectivity index (χ1v) is 13.2. The standard InChI is InChI=1S/C31H27ClN2O6/c1-19-28(33-30(37)39-20(2)25-5-3-4-6-26(25)32)27(40-34-19)12-8-21-7-9-23-18-24(11-10-22(23)17-21)31(29(35)36)13-15-38-16-14-31/h3-7,9-11,17-18,20H,13-16H2,1-2H3,(H,33,37)(H,35,36). The summed E-state index contributed by atoms with van der Waals surface area (Å²) in [7, 11) is 0. The van der Waals surface area contributed by atoms with Crippen molar-refractivity contribution in [2.75, 3.05) is 18.5 Å². The summed E-state index contributed by atoms with van der Waals surface area (Å²) in [5.41, 5.74) is 2.02. The van der Waals surface area contributed by atoms with E-state index in [2.05, 4.69) is 22.3 Å². The zero-order valence-corrected chi connectivity index (χ0v) is 22.7. The molecule has 204 valence electrons. The van der Waals surface area contributed by atoms with Gasteiger partial charge in [0, 0.05) is 29.4 Å². The molecule has 1 aliphatic heterocycles. The highest BCUT2D eigenvalue weighted by molar-refractivity contribution is 6.31. The molecule has 1 atom stereocenters. The first kappa shape index (κ1) is 27.3. The van der Waals surface area contributed by atoms with Gasteiger partial charge in [0.15, 0.2) is 0 Å². The van der Waals surface area contributed by atoms with Crippen LogP contribution >= 0.6 is 11.6 Å². The summed E-state index contributed by atoms with van der Waals surface area (Å²) in [5, 5.41) is 19.0. The predicted octanol–water partition coefficient (Wildman–Crippen LogP) is 6.63. The molecule has 2 heterocycles. The number of nitrogens with zero attached hydrogens (tertiary/aromatic N) is 1. The minimum absolute atomic E-state index is 0.193. The third kappa shape index (κ3) is 5.53. The van der Waals surface area contributed by atoms with Gasteiger partial charge in [-0.3, -0.25) is 10.1 Å². The van der Waals surface area contributed by atoms with E-state index in [4.69, 9.17) is 25.6 Å². The van der Waals surface area contributed by atoms with E-state index in [1.807, 2.05) is 42.5 Å². The van der Waals surface area contributed by atoms with E-state index >= 15 is 0 Å². The van der Waals surface area contributed by atoms with E-state index in [0.29, 0.717) is 53.6 Å². The number of aryl methyl sites for hydroxylation is 1. The summed E-state index contributed by atoms with van der Waals surface area (Å²) in [5.74, 6) is 5.36. The second kappa shape index (κ2) is 11.4. The Morgan fingerprint density at radius 2 is 1.80 bits per heavy atom. The topological polar surface area (TPSA) is 111 Å². The molecule has 4 aromatic rings. The van der Waals surface area contributed by atoms with Crippen LogP contribution in [0.25, 0.3) is 10.8 Å². The summed E-state index contributed by atoms with van der Waals surface area (Å²) in [4.78, 5) is 24.8. The molecule has 1 aromatic heterocycles. The normalized spacial score (nSPS) is 15.1. The van der Waals surface area contributed by atoms with Crippen LogP contribution in [0.15, 0.2) is 65.2 Å². The van der Waals surface area contributed by atoms with Gasteiger partial charge in [-0.1, -0.05) is 65.1 Å². The number of ether oxygens (including phenoxy) is 2. The van der Waals surface area contributed by atoms with Gasteiger partial charge in [-0.15, -0.1) is 0 Å². The number of aliphatic carboxylic acids is 1. The molecule has 1 unspecified atom stereocenters. The molecule has 2 N–H and O–H groups in total. The zero-order valence-electron chi connectivity index (χ0n) is 22.0. The fraction of sp³-hybridized carbons (Fsp3) is 0.258. The Labute approximate surface area is 236 Å². The van der Waals surface area contributed by atoms with E-state index < -0.39 is 23.6 Å². The van der Waals surface area contributed by atoms with Crippen LogP contribution in [0.3, 0.4) is 0 Å². The van der Waals surface area contributed by atoms with Crippen molar-refractivity contribution in [1.29, 1.82) is 0 Å². The van der Waals surface area contributed by atoms with Gasteiger partial charge >= 0.3 is 12.1 Å². The minimum Gasteiger partial charge on any atom is -0.481 e. The van der Waals surface area contributed by atoms with Crippen molar-refractivity contribution in [3.05, 3.63) is 93.8 Å². The fourth-order valence-electron chi connectivity index (χ4n) is 4.86. The second-order valence-corrected chi connectivity index (χ2v) is 10.1. The largest absolute Gasteiger partial charge is 0.481 e. The lowest BCUT2D eigenvalue weighted by Crippen LogP contribution is -2.41. The lowest BCUT2D eigenvalue weighted by molar-refractivity contribution is -0.147. The fourth-order valence-corrected chi connectivity index (χ4v) is 5.15. The molecule has 9 heteroatoms. The molecule has 0 spiro atoms. The number of hydrogen-bond donors (Lipinski definition) is 2. The van der Waals surface area contributed by atoms with Crippen molar-refractivity contribution >= 4 is 40.1 Å². The Hall–Kier alpha value is -4.32. The summed E-state index contributed by atoms with van der Waals surface area (Å²) in [6.07, 6.45) is -0.376. The smallest absolute Gasteiger partial charge is 0.412 e. The molecule has 3 aromatic carbocycles. The van der Waals surface area contributed by atoms with Crippen LogP contribution in [0.2, 0.25) is 5.02 Å². The second-order valence-electron chi connectivity index (χ2n) is 9.69. The van der Waals surface area contributed by atoms with Gasteiger partial charge in [0.1, 0.15) is 17.5 Å². The van der Waals surface area contributed by atoms with Crippen LogP contribution in [0.4, 0.5) is 10.5 Å². The SMILES string of the molecule is Cc1noc(C#Cc2ccc3cc(C4(C(=O)O)CCOCC4)ccc3c2)c1NC(=O)OC(C)c1ccccc1Cl. The average molecular weight is 559 g/mol. The minimum atomic E-state index is -0.940. The number of carboxylic acid groups (broad SMARTS) is 1. The highest BCUT2D eigenvalue weighted by Gasteiger charge is 2.41. The molecule has 5 rings (SSSR count). The van der Waals surface area contributed by atoms with Crippen molar-refractivity contribution in [2.45, 2.75) is 38.2 Å². The number of anilines is 1. The number of nitrogens with one attached hydrogen (secondary N) is 1. The van der Waals surface area contributed by atoms with Crippen molar-refractivity contribution in [2.24, 2.45) is 0 Å². The molecular weight excluding hydrogens is 532 g/mol. The van der Waals surface area contributed by atoms with E-state index in [0.717, 1.165) is 16.3 Å². The number of hydrogen-bond acceptors (Lipinski definition) is 6. The van der Waals surface area contributed by atoms with Crippen molar-refractivity contribution in [3.8, 4) is 11.8 Å². The first-order valence-electron chi connectivity index (χ1n) is 12.8. The molecule has 1 saturated heterocycles. The van der Waals surface area contributed by atoms with Gasteiger partial charge in [-0.05, 0) is 67.1 Å². The molecule has 0 saturated carbocycles. The van der Waals surface area contributed by atoms with Crippen LogP contribution < -0.4 is 5.32 Å². The molecule has 0 bridgehead atoms.